The van der Waals surface area contributed by atoms with E-state index in [1.165, 1.54) is 244 Å². The van der Waals surface area contributed by atoms with Gasteiger partial charge in [0, 0.05) is 6.42 Å². The van der Waals surface area contributed by atoms with Crippen LogP contribution in [-0.2, 0) is 18.4 Å². The summed E-state index contributed by atoms with van der Waals surface area (Å²) in [6.07, 6.45) is 93.0. The minimum Gasteiger partial charge on any atom is -0.756 e. The van der Waals surface area contributed by atoms with E-state index in [0.717, 1.165) is 70.6 Å². The van der Waals surface area contributed by atoms with Crippen molar-refractivity contribution in [2.45, 2.75) is 347 Å². The molecule has 0 aromatic rings. The largest absolute Gasteiger partial charge is 0.756 e. The molecule has 0 aromatic heterocycles. The number of carbonyl (C=O) groups excluding carboxylic acids is 1. The molecule has 0 aliphatic carbocycles. The van der Waals surface area contributed by atoms with E-state index in [1.807, 2.05) is 27.2 Å². The molecule has 9 heteroatoms. The van der Waals surface area contributed by atoms with Crippen LogP contribution in [-0.4, -0.2) is 68.5 Å². The number of carbonyl (C=O) groups is 1. The van der Waals surface area contributed by atoms with Crippen LogP contribution in [0.5, 0.6) is 0 Å². The molecular formula is C75H139N2O6P. The maximum atomic E-state index is 13.0. The van der Waals surface area contributed by atoms with Gasteiger partial charge in [-0.05, 0) is 83.5 Å². The molecular weight excluding hydrogens is 1060 g/mol. The number of allylic oxidation sites excluding steroid dienone is 13. The molecule has 0 aromatic carbocycles. The van der Waals surface area contributed by atoms with Gasteiger partial charge in [-0.25, -0.2) is 0 Å². The number of nitrogens with one attached hydrogen (secondary N) is 1. The molecule has 0 saturated carbocycles. The number of hydrogen-bond donors (Lipinski definition) is 2. The molecule has 0 bridgehead atoms. The zero-order valence-electron chi connectivity index (χ0n) is 56.1. The lowest BCUT2D eigenvalue weighted by Gasteiger charge is -2.29. The summed E-state index contributed by atoms with van der Waals surface area (Å²) in [4.78, 5) is 25.6. The summed E-state index contributed by atoms with van der Waals surface area (Å²) in [7, 11) is 1.24. The fraction of sp³-hybridized carbons (Fsp3) is 0.800. The molecule has 0 fully saturated rings. The number of quaternary nitrogens is 1. The van der Waals surface area contributed by atoms with Gasteiger partial charge in [0.05, 0.1) is 39.9 Å². The van der Waals surface area contributed by atoms with Crippen molar-refractivity contribution < 1.29 is 32.9 Å². The van der Waals surface area contributed by atoms with Crippen molar-refractivity contribution in [3.05, 3.63) is 85.1 Å². The van der Waals surface area contributed by atoms with Crippen molar-refractivity contribution in [3.8, 4) is 0 Å². The Balaban J connectivity index is 3.96. The smallest absolute Gasteiger partial charge is 0.268 e. The molecule has 490 valence electrons. The average Bonchev–Trinajstić information content (AvgIpc) is 3.56. The normalized spacial score (nSPS) is 14.1. The van der Waals surface area contributed by atoms with Gasteiger partial charge < -0.3 is 28.8 Å². The van der Waals surface area contributed by atoms with Crippen LogP contribution in [0.25, 0.3) is 0 Å². The van der Waals surface area contributed by atoms with Gasteiger partial charge in [-0.3, -0.25) is 9.36 Å². The Kier molecular flexibility index (Phi) is 63.3. The molecule has 0 saturated heterocycles. The Morgan fingerprint density at radius 1 is 0.429 bits per heavy atom. The zero-order chi connectivity index (χ0) is 61.2. The molecule has 8 nitrogen and oxygen atoms in total. The molecule has 0 heterocycles. The summed E-state index contributed by atoms with van der Waals surface area (Å²) in [6.45, 7) is 4.54. The summed E-state index contributed by atoms with van der Waals surface area (Å²) in [5.74, 6) is -0.206. The van der Waals surface area contributed by atoms with Crippen LogP contribution in [0.1, 0.15) is 335 Å². The minimum atomic E-state index is -4.62. The Hall–Kier alpha value is -2.32. The van der Waals surface area contributed by atoms with E-state index in [0.29, 0.717) is 17.4 Å². The Morgan fingerprint density at radius 3 is 1.11 bits per heavy atom. The molecule has 3 unspecified atom stereocenters. The van der Waals surface area contributed by atoms with Gasteiger partial charge in [-0.2, -0.15) is 0 Å². The summed E-state index contributed by atoms with van der Waals surface area (Å²) in [5.41, 5.74) is 0. The van der Waals surface area contributed by atoms with Crippen LogP contribution in [0, 0.1) is 0 Å². The van der Waals surface area contributed by atoms with Crippen LogP contribution < -0.4 is 10.2 Å². The van der Waals surface area contributed by atoms with Crippen LogP contribution >= 0.6 is 7.82 Å². The molecule has 0 aliphatic heterocycles. The number of amides is 1. The van der Waals surface area contributed by atoms with E-state index in [9.17, 15) is 19.4 Å². The Labute approximate surface area is 522 Å². The van der Waals surface area contributed by atoms with E-state index in [4.69, 9.17) is 9.05 Å². The van der Waals surface area contributed by atoms with Crippen molar-refractivity contribution in [3.63, 3.8) is 0 Å². The second-order valence-corrected chi connectivity index (χ2v) is 27.0. The number of phosphoric acid groups is 1. The van der Waals surface area contributed by atoms with E-state index < -0.39 is 26.6 Å². The van der Waals surface area contributed by atoms with Crippen LogP contribution in [0.2, 0.25) is 0 Å². The third-order valence-corrected chi connectivity index (χ3v) is 17.0. The quantitative estimate of drug-likeness (QED) is 0.0272. The van der Waals surface area contributed by atoms with E-state index >= 15 is 0 Å². The molecule has 2 N–H and O–H groups in total. The van der Waals surface area contributed by atoms with Gasteiger partial charge in [0.1, 0.15) is 13.2 Å². The molecule has 0 radical (unpaired) electrons. The minimum absolute atomic E-state index is 0.00924. The maximum Gasteiger partial charge on any atom is 0.268 e. The van der Waals surface area contributed by atoms with Crippen molar-refractivity contribution in [1.82, 2.24) is 5.32 Å². The molecule has 1 amide bonds. The van der Waals surface area contributed by atoms with Crippen molar-refractivity contribution in [2.75, 3.05) is 40.9 Å². The number of phosphoric ester groups is 1. The lowest BCUT2D eigenvalue weighted by atomic mass is 10.0. The average molecular weight is 1200 g/mol. The first-order chi connectivity index (χ1) is 41.0. The van der Waals surface area contributed by atoms with Gasteiger partial charge >= 0.3 is 0 Å². The van der Waals surface area contributed by atoms with Gasteiger partial charge in [0.15, 0.2) is 0 Å². The summed E-state index contributed by atoms with van der Waals surface area (Å²) in [6, 6.07) is -0.912. The lowest BCUT2D eigenvalue weighted by molar-refractivity contribution is -0.870. The molecule has 3 atom stereocenters. The monoisotopic (exact) mass is 1200 g/mol. The Morgan fingerprint density at radius 2 is 0.738 bits per heavy atom. The predicted molar refractivity (Wildman–Crippen MR) is 367 cm³/mol. The first kappa shape index (κ1) is 81.7. The summed E-state index contributed by atoms with van der Waals surface area (Å²) < 4.78 is 23.4. The van der Waals surface area contributed by atoms with Crippen LogP contribution in [0.15, 0.2) is 85.1 Å². The highest BCUT2D eigenvalue weighted by molar-refractivity contribution is 7.45. The number of likely N-dealkylation sites (N-methyl/N-ethyl adjacent to an activating group) is 1. The van der Waals surface area contributed by atoms with Crippen LogP contribution in [0.4, 0.5) is 0 Å². The van der Waals surface area contributed by atoms with Crippen LogP contribution in [0.3, 0.4) is 0 Å². The lowest BCUT2D eigenvalue weighted by Crippen LogP contribution is -2.45. The van der Waals surface area contributed by atoms with Crippen molar-refractivity contribution >= 4 is 13.7 Å². The fourth-order valence-corrected chi connectivity index (χ4v) is 11.3. The predicted octanol–water partition coefficient (Wildman–Crippen LogP) is 22.5. The number of aliphatic hydroxyl groups excluding tert-OH is 1. The first-order valence-electron chi connectivity index (χ1n) is 35.9. The summed E-state index contributed by atoms with van der Waals surface area (Å²) in [5, 5.41) is 13.9. The topological polar surface area (TPSA) is 108 Å². The van der Waals surface area contributed by atoms with Crippen molar-refractivity contribution in [2.24, 2.45) is 0 Å². The van der Waals surface area contributed by atoms with Gasteiger partial charge in [0.25, 0.3) is 7.82 Å². The number of nitrogens with zero attached hydrogens (tertiary/aromatic N) is 1. The SMILES string of the molecule is CC/C=C\C/C=C\C/C=C\C/C=C\CCCCCCCCCCCCCCCCCCCCCCCCCCCCCCC(=O)NC(COP(=O)([O-])OCC[N+](C)(C)C)C(O)/C=C/CC/C=C/CC/C=C/CCCCCCCCCCCCC. The summed E-state index contributed by atoms with van der Waals surface area (Å²) >= 11 is 0. The fourth-order valence-electron chi connectivity index (χ4n) is 10.5. The number of aliphatic hydroxyl groups is 1. The number of unbranched alkanes of at least 4 members (excludes halogenated alkanes) is 41. The number of rotatable bonds is 66. The third-order valence-electron chi connectivity index (χ3n) is 16.1. The first-order valence-corrected chi connectivity index (χ1v) is 37.4. The van der Waals surface area contributed by atoms with E-state index in [2.05, 4.69) is 92.1 Å². The third kappa shape index (κ3) is 67.2. The van der Waals surface area contributed by atoms with E-state index in [1.54, 1.807) is 6.08 Å². The van der Waals surface area contributed by atoms with Gasteiger partial charge in [-0.15, -0.1) is 0 Å². The van der Waals surface area contributed by atoms with Gasteiger partial charge in [-0.1, -0.05) is 330 Å². The van der Waals surface area contributed by atoms with Crippen molar-refractivity contribution in [1.29, 1.82) is 0 Å². The maximum absolute atomic E-state index is 13.0. The number of hydrogen-bond acceptors (Lipinski definition) is 6. The second-order valence-electron chi connectivity index (χ2n) is 25.5. The van der Waals surface area contributed by atoms with Gasteiger partial charge in [0.2, 0.25) is 5.91 Å². The standard InChI is InChI=1S/C75H139N2O6P/c1-6-8-10-12-14-16-18-20-22-24-26-28-29-30-31-32-33-34-35-36-37-38-39-40-41-42-43-44-45-46-47-49-51-53-55-57-59-61-63-65-67-69-75(79)76-73(72-83-84(80,81)82-71-70-77(3,4)5)74(78)68-66-64-62-60-58-56-54-52-50-48-27-25-23-21-19-17-15-13-11-9-7-2/h8,10,14,16,20,22,26,28,50,52,58,60,66,68,73-74,78H,6-7,9,11-13,15,17-19,21,23-25,27,29-49,51,53-57,59,61-65,67,69-72H2,1-5H3,(H-,76,79,80,81)/b10-8-,16-14-,22-20-,28-26-,52-50+,60-58+,68-66+. The molecule has 0 aliphatic rings. The zero-order valence-corrected chi connectivity index (χ0v) is 57.0. The second kappa shape index (κ2) is 65.1. The molecule has 84 heavy (non-hydrogen) atoms. The molecule has 0 spiro atoms. The Bertz CT molecular complexity index is 1650. The van der Waals surface area contributed by atoms with E-state index in [-0.39, 0.29) is 12.5 Å². The highest BCUT2D eigenvalue weighted by Crippen LogP contribution is 2.38. The highest BCUT2D eigenvalue weighted by atomic mass is 31.2. The molecule has 0 rings (SSSR count). The highest BCUT2D eigenvalue weighted by Gasteiger charge is 2.23.